The van der Waals surface area contributed by atoms with Crippen molar-refractivity contribution in [1.82, 2.24) is 10.6 Å². The molecule has 3 amide bonds. The molecule has 12 heavy (non-hydrogen) atoms. The van der Waals surface area contributed by atoms with Gasteiger partial charge in [0, 0.05) is 6.54 Å². The number of imide groups is 1. The molecular formula is C7H14N2O3. The topological polar surface area (TPSA) is 78.4 Å². The Bertz CT molecular complexity index is 168. The van der Waals surface area contributed by atoms with Crippen molar-refractivity contribution in [3.8, 4) is 0 Å². The summed E-state index contributed by atoms with van der Waals surface area (Å²) in [6.45, 7) is 3.71. The highest BCUT2D eigenvalue weighted by atomic mass is 16.3. The Hall–Kier alpha value is -1.10. The predicted molar refractivity (Wildman–Crippen MR) is 43.5 cm³/mol. The smallest absolute Gasteiger partial charge is 0.321 e. The summed E-state index contributed by atoms with van der Waals surface area (Å²) in [7, 11) is 0. The maximum absolute atomic E-state index is 10.8. The van der Waals surface area contributed by atoms with Crippen LogP contribution >= 0.6 is 0 Å². The molecule has 0 radical (unpaired) electrons. The first kappa shape index (κ1) is 10.9. The van der Waals surface area contributed by atoms with Gasteiger partial charge in [-0.05, 0) is 5.92 Å². The lowest BCUT2D eigenvalue weighted by Gasteiger charge is -2.07. The summed E-state index contributed by atoms with van der Waals surface area (Å²) in [5.74, 6) is -0.365. The Kier molecular flexibility index (Phi) is 5.03. The Morgan fingerprint density at radius 1 is 1.42 bits per heavy atom. The highest BCUT2D eigenvalue weighted by Crippen LogP contribution is 1.86. The minimum Gasteiger partial charge on any atom is -0.387 e. The fourth-order valence-electron chi connectivity index (χ4n) is 0.507. The summed E-state index contributed by atoms with van der Waals surface area (Å²) in [4.78, 5) is 21.2. The summed E-state index contributed by atoms with van der Waals surface area (Å²) in [5.41, 5.74) is 0. The van der Waals surface area contributed by atoms with Gasteiger partial charge in [-0.15, -0.1) is 0 Å². The zero-order valence-electron chi connectivity index (χ0n) is 7.26. The van der Waals surface area contributed by atoms with Gasteiger partial charge in [0.25, 0.3) is 5.91 Å². The molecule has 0 aromatic rings. The summed E-state index contributed by atoms with van der Waals surface area (Å²) >= 11 is 0. The first-order chi connectivity index (χ1) is 5.56. The molecular weight excluding hydrogens is 160 g/mol. The molecule has 0 bridgehead atoms. The number of rotatable bonds is 3. The molecule has 5 nitrogen and oxygen atoms in total. The van der Waals surface area contributed by atoms with E-state index in [0.29, 0.717) is 12.5 Å². The third kappa shape index (κ3) is 5.67. The number of nitrogens with one attached hydrogen (secondary N) is 2. The molecule has 5 heteroatoms. The lowest BCUT2D eigenvalue weighted by Crippen LogP contribution is -2.41. The molecule has 0 aliphatic rings. The van der Waals surface area contributed by atoms with E-state index in [2.05, 4.69) is 5.32 Å². The van der Waals surface area contributed by atoms with E-state index in [1.807, 2.05) is 19.2 Å². The van der Waals surface area contributed by atoms with Gasteiger partial charge in [-0.1, -0.05) is 13.8 Å². The van der Waals surface area contributed by atoms with Gasteiger partial charge in [0.1, 0.15) is 6.61 Å². The number of aliphatic hydroxyl groups is 1. The van der Waals surface area contributed by atoms with Crippen molar-refractivity contribution in [3.63, 3.8) is 0 Å². The van der Waals surface area contributed by atoms with Gasteiger partial charge in [0.2, 0.25) is 0 Å². The van der Waals surface area contributed by atoms with Crippen molar-refractivity contribution in [3.05, 3.63) is 0 Å². The summed E-state index contributed by atoms with van der Waals surface area (Å²) in [6.07, 6.45) is 0. The Morgan fingerprint density at radius 3 is 2.42 bits per heavy atom. The van der Waals surface area contributed by atoms with Crippen molar-refractivity contribution in [2.75, 3.05) is 13.2 Å². The number of urea groups is 1. The van der Waals surface area contributed by atoms with Crippen LogP contribution in [0.1, 0.15) is 13.8 Å². The second-order valence-electron chi connectivity index (χ2n) is 2.81. The summed E-state index contributed by atoms with van der Waals surface area (Å²) in [5, 5.41) is 12.7. The maximum Gasteiger partial charge on any atom is 0.321 e. The minimum absolute atomic E-state index is 0.333. The van der Waals surface area contributed by atoms with Crippen LogP contribution in [0.25, 0.3) is 0 Å². The van der Waals surface area contributed by atoms with Gasteiger partial charge in [-0.25, -0.2) is 4.79 Å². The second kappa shape index (κ2) is 5.54. The van der Waals surface area contributed by atoms with E-state index < -0.39 is 18.5 Å². The van der Waals surface area contributed by atoms with Crippen molar-refractivity contribution in [2.45, 2.75) is 13.8 Å². The summed E-state index contributed by atoms with van der Waals surface area (Å²) < 4.78 is 0. The first-order valence-electron chi connectivity index (χ1n) is 3.74. The fourth-order valence-corrected chi connectivity index (χ4v) is 0.507. The quantitative estimate of drug-likeness (QED) is 0.537. The molecule has 0 heterocycles. The largest absolute Gasteiger partial charge is 0.387 e. The van der Waals surface area contributed by atoms with Gasteiger partial charge >= 0.3 is 6.03 Å². The van der Waals surface area contributed by atoms with Gasteiger partial charge in [0.15, 0.2) is 0 Å². The lowest BCUT2D eigenvalue weighted by molar-refractivity contribution is -0.122. The van der Waals surface area contributed by atoms with E-state index in [0.717, 1.165) is 0 Å². The standard InChI is InChI=1S/C7H14N2O3/c1-5(2)3-8-7(12)9-6(11)4-10/h5,10H,3-4H2,1-2H3,(H2,8,9,11,12). The number of aliphatic hydroxyl groups excluding tert-OH is 1. The zero-order chi connectivity index (χ0) is 9.56. The molecule has 0 aromatic heterocycles. The van der Waals surface area contributed by atoms with E-state index in [4.69, 9.17) is 5.11 Å². The molecule has 70 valence electrons. The van der Waals surface area contributed by atoms with Crippen LogP contribution < -0.4 is 10.6 Å². The molecule has 3 N–H and O–H groups in total. The van der Waals surface area contributed by atoms with Crippen LogP contribution in [0.5, 0.6) is 0 Å². The van der Waals surface area contributed by atoms with Crippen LogP contribution in [0.2, 0.25) is 0 Å². The van der Waals surface area contributed by atoms with E-state index in [9.17, 15) is 9.59 Å². The highest BCUT2D eigenvalue weighted by Gasteiger charge is 2.05. The lowest BCUT2D eigenvalue weighted by atomic mass is 10.2. The monoisotopic (exact) mass is 174 g/mol. The average Bonchev–Trinajstić information content (AvgIpc) is 2.00. The van der Waals surface area contributed by atoms with Gasteiger partial charge in [0.05, 0.1) is 0 Å². The molecule has 0 spiro atoms. The van der Waals surface area contributed by atoms with E-state index in [1.165, 1.54) is 0 Å². The van der Waals surface area contributed by atoms with Crippen molar-refractivity contribution in [1.29, 1.82) is 0 Å². The minimum atomic E-state index is -0.698. The Morgan fingerprint density at radius 2 is 2.00 bits per heavy atom. The molecule has 0 aromatic carbocycles. The number of amides is 3. The van der Waals surface area contributed by atoms with Gasteiger partial charge in [-0.2, -0.15) is 0 Å². The fraction of sp³-hybridized carbons (Fsp3) is 0.714. The number of carbonyl (C=O) groups excluding carboxylic acids is 2. The first-order valence-corrected chi connectivity index (χ1v) is 3.74. The third-order valence-corrected chi connectivity index (χ3v) is 1.07. The zero-order valence-corrected chi connectivity index (χ0v) is 7.26. The molecule has 0 aliphatic heterocycles. The predicted octanol–water partition coefficient (Wildman–Crippen LogP) is -0.540. The molecule has 0 saturated heterocycles. The molecule has 0 saturated carbocycles. The average molecular weight is 174 g/mol. The third-order valence-electron chi connectivity index (χ3n) is 1.07. The normalized spacial score (nSPS) is 9.67. The number of hydrogen-bond donors (Lipinski definition) is 3. The van der Waals surface area contributed by atoms with Crippen molar-refractivity contribution >= 4 is 11.9 Å². The van der Waals surface area contributed by atoms with E-state index >= 15 is 0 Å². The number of carbonyl (C=O) groups is 2. The second-order valence-corrected chi connectivity index (χ2v) is 2.81. The van der Waals surface area contributed by atoms with Crippen LogP contribution in [0.15, 0.2) is 0 Å². The van der Waals surface area contributed by atoms with E-state index in [1.54, 1.807) is 0 Å². The van der Waals surface area contributed by atoms with Gasteiger partial charge < -0.3 is 10.4 Å². The Labute approximate surface area is 71.1 Å². The van der Waals surface area contributed by atoms with Crippen molar-refractivity contribution < 1.29 is 14.7 Å². The van der Waals surface area contributed by atoms with Crippen LogP contribution in [0.3, 0.4) is 0 Å². The van der Waals surface area contributed by atoms with Crippen LogP contribution in [0.4, 0.5) is 4.79 Å². The van der Waals surface area contributed by atoms with Crippen LogP contribution in [-0.2, 0) is 4.79 Å². The van der Waals surface area contributed by atoms with Crippen LogP contribution in [0, 0.1) is 5.92 Å². The molecule has 0 aliphatic carbocycles. The van der Waals surface area contributed by atoms with Crippen molar-refractivity contribution in [2.24, 2.45) is 5.92 Å². The maximum atomic E-state index is 10.8. The summed E-state index contributed by atoms with van der Waals surface area (Å²) in [6, 6.07) is -0.567. The molecule has 0 rings (SSSR count). The molecule has 0 fully saturated rings. The molecule has 0 unspecified atom stereocenters. The Balaban J connectivity index is 3.53. The SMILES string of the molecule is CC(C)CNC(=O)NC(=O)CO. The highest BCUT2D eigenvalue weighted by molar-refractivity contribution is 5.94. The number of hydrogen-bond acceptors (Lipinski definition) is 3. The van der Waals surface area contributed by atoms with Crippen LogP contribution in [-0.4, -0.2) is 30.2 Å². The van der Waals surface area contributed by atoms with Gasteiger partial charge in [-0.3, -0.25) is 10.1 Å². The van der Waals surface area contributed by atoms with E-state index in [-0.39, 0.29) is 0 Å². The molecule has 0 atom stereocenters.